The van der Waals surface area contributed by atoms with E-state index in [2.05, 4.69) is 39.0 Å². The van der Waals surface area contributed by atoms with Crippen molar-refractivity contribution in [3.8, 4) is 5.75 Å². The predicted octanol–water partition coefficient (Wildman–Crippen LogP) is 2.41. The van der Waals surface area contributed by atoms with Gasteiger partial charge in [-0.15, -0.1) is 0 Å². The topological polar surface area (TPSA) is 28.6 Å². The molecular formula is C18H23N3O. The first kappa shape index (κ1) is 15.0. The van der Waals surface area contributed by atoms with Gasteiger partial charge in [0.15, 0.2) is 0 Å². The molecule has 4 nitrogen and oxygen atoms in total. The summed E-state index contributed by atoms with van der Waals surface area (Å²) in [6, 6.07) is 12.5. The number of para-hydroxylation sites is 1. The van der Waals surface area contributed by atoms with Crippen molar-refractivity contribution >= 4 is 0 Å². The van der Waals surface area contributed by atoms with Gasteiger partial charge >= 0.3 is 0 Å². The van der Waals surface area contributed by atoms with E-state index in [0.717, 1.165) is 45.0 Å². The van der Waals surface area contributed by atoms with Crippen LogP contribution in [0, 0.1) is 0 Å². The van der Waals surface area contributed by atoms with Gasteiger partial charge in [-0.1, -0.05) is 18.2 Å². The van der Waals surface area contributed by atoms with Gasteiger partial charge in [-0.05, 0) is 23.8 Å². The Morgan fingerprint density at radius 1 is 0.909 bits per heavy atom. The predicted molar refractivity (Wildman–Crippen MR) is 87.8 cm³/mol. The SMILES string of the molecule is COc1ccccc1CN1CCN(Cc2ccncc2)CC1. The number of rotatable bonds is 5. The maximum absolute atomic E-state index is 5.44. The molecule has 0 saturated carbocycles. The van der Waals surface area contributed by atoms with Gasteiger partial charge in [-0.25, -0.2) is 0 Å². The van der Waals surface area contributed by atoms with E-state index in [1.54, 1.807) is 7.11 Å². The number of piperazine rings is 1. The molecule has 0 bridgehead atoms. The molecule has 1 aromatic heterocycles. The zero-order valence-corrected chi connectivity index (χ0v) is 13.1. The van der Waals surface area contributed by atoms with Crippen LogP contribution in [0.25, 0.3) is 0 Å². The number of hydrogen-bond acceptors (Lipinski definition) is 4. The number of pyridine rings is 1. The summed E-state index contributed by atoms with van der Waals surface area (Å²) in [6.07, 6.45) is 3.74. The van der Waals surface area contributed by atoms with Gasteiger partial charge in [-0.3, -0.25) is 14.8 Å². The van der Waals surface area contributed by atoms with Crippen LogP contribution in [0.5, 0.6) is 5.75 Å². The van der Waals surface area contributed by atoms with Crippen LogP contribution in [0.2, 0.25) is 0 Å². The van der Waals surface area contributed by atoms with E-state index in [-0.39, 0.29) is 0 Å². The third-order valence-electron chi connectivity index (χ3n) is 4.21. The average molecular weight is 297 g/mol. The van der Waals surface area contributed by atoms with Gasteiger partial charge in [-0.2, -0.15) is 0 Å². The van der Waals surface area contributed by atoms with E-state index in [4.69, 9.17) is 4.74 Å². The molecule has 2 aromatic rings. The van der Waals surface area contributed by atoms with Crippen molar-refractivity contribution < 1.29 is 4.74 Å². The molecule has 0 atom stereocenters. The fourth-order valence-electron chi connectivity index (χ4n) is 2.93. The molecule has 1 fully saturated rings. The molecule has 1 saturated heterocycles. The average Bonchev–Trinajstić information content (AvgIpc) is 2.58. The Bertz CT molecular complexity index is 580. The smallest absolute Gasteiger partial charge is 0.123 e. The van der Waals surface area contributed by atoms with Crippen LogP contribution in [-0.2, 0) is 13.1 Å². The van der Waals surface area contributed by atoms with Crippen LogP contribution >= 0.6 is 0 Å². The summed E-state index contributed by atoms with van der Waals surface area (Å²) in [4.78, 5) is 9.08. The normalized spacial score (nSPS) is 16.6. The minimum Gasteiger partial charge on any atom is -0.496 e. The van der Waals surface area contributed by atoms with E-state index in [1.807, 2.05) is 24.5 Å². The molecule has 0 amide bonds. The lowest BCUT2D eigenvalue weighted by atomic mass is 10.1. The van der Waals surface area contributed by atoms with Crippen LogP contribution in [0.4, 0.5) is 0 Å². The van der Waals surface area contributed by atoms with E-state index >= 15 is 0 Å². The first-order chi connectivity index (χ1) is 10.8. The zero-order chi connectivity index (χ0) is 15.2. The Morgan fingerprint density at radius 2 is 1.55 bits per heavy atom. The summed E-state index contributed by atoms with van der Waals surface area (Å²) in [6.45, 7) is 6.40. The summed E-state index contributed by atoms with van der Waals surface area (Å²) in [5.74, 6) is 0.988. The Labute approximate surface area is 132 Å². The van der Waals surface area contributed by atoms with E-state index in [0.29, 0.717) is 0 Å². The Hall–Kier alpha value is -1.91. The lowest BCUT2D eigenvalue weighted by Crippen LogP contribution is -2.45. The summed E-state index contributed by atoms with van der Waals surface area (Å²) in [5.41, 5.74) is 2.61. The molecule has 4 heteroatoms. The molecule has 0 aliphatic carbocycles. The fraction of sp³-hybridized carbons (Fsp3) is 0.389. The standard InChI is InChI=1S/C18H23N3O/c1-22-18-5-3-2-4-17(18)15-21-12-10-20(11-13-21)14-16-6-8-19-9-7-16/h2-9H,10-15H2,1H3. The third-order valence-corrected chi connectivity index (χ3v) is 4.21. The molecule has 2 heterocycles. The third kappa shape index (κ3) is 3.84. The molecular weight excluding hydrogens is 274 g/mol. The summed E-state index contributed by atoms with van der Waals surface area (Å²) < 4.78 is 5.44. The zero-order valence-electron chi connectivity index (χ0n) is 13.1. The van der Waals surface area contributed by atoms with E-state index in [1.165, 1.54) is 11.1 Å². The van der Waals surface area contributed by atoms with Crippen LogP contribution in [-0.4, -0.2) is 48.1 Å². The largest absolute Gasteiger partial charge is 0.496 e. The van der Waals surface area contributed by atoms with Gasteiger partial charge in [0.25, 0.3) is 0 Å². The van der Waals surface area contributed by atoms with Crippen LogP contribution in [0.1, 0.15) is 11.1 Å². The van der Waals surface area contributed by atoms with Crippen molar-refractivity contribution in [2.45, 2.75) is 13.1 Å². The van der Waals surface area contributed by atoms with Gasteiger partial charge in [0, 0.05) is 57.2 Å². The van der Waals surface area contributed by atoms with Gasteiger partial charge in [0.2, 0.25) is 0 Å². The second kappa shape index (κ2) is 7.38. The minimum absolute atomic E-state index is 0.965. The second-order valence-corrected chi connectivity index (χ2v) is 5.72. The lowest BCUT2D eigenvalue weighted by molar-refractivity contribution is 0.121. The molecule has 1 aromatic carbocycles. The van der Waals surface area contributed by atoms with E-state index < -0.39 is 0 Å². The summed E-state index contributed by atoms with van der Waals surface area (Å²) >= 11 is 0. The fourth-order valence-corrected chi connectivity index (χ4v) is 2.93. The van der Waals surface area contributed by atoms with Crippen molar-refractivity contribution in [1.82, 2.24) is 14.8 Å². The lowest BCUT2D eigenvalue weighted by Gasteiger charge is -2.34. The molecule has 116 valence electrons. The first-order valence-electron chi connectivity index (χ1n) is 7.80. The highest BCUT2D eigenvalue weighted by Gasteiger charge is 2.18. The number of methoxy groups -OCH3 is 1. The monoisotopic (exact) mass is 297 g/mol. The molecule has 3 rings (SSSR count). The first-order valence-corrected chi connectivity index (χ1v) is 7.80. The maximum atomic E-state index is 5.44. The van der Waals surface area contributed by atoms with Gasteiger partial charge < -0.3 is 4.74 Å². The van der Waals surface area contributed by atoms with Crippen molar-refractivity contribution in [2.24, 2.45) is 0 Å². The number of ether oxygens (including phenoxy) is 1. The van der Waals surface area contributed by atoms with Crippen LogP contribution in [0.3, 0.4) is 0 Å². The number of benzene rings is 1. The molecule has 0 unspecified atom stereocenters. The van der Waals surface area contributed by atoms with Crippen molar-refractivity contribution in [1.29, 1.82) is 0 Å². The Balaban J connectivity index is 1.51. The van der Waals surface area contributed by atoms with Gasteiger partial charge in [0.1, 0.15) is 5.75 Å². The maximum Gasteiger partial charge on any atom is 0.123 e. The molecule has 0 N–H and O–H groups in total. The Morgan fingerprint density at radius 3 is 2.23 bits per heavy atom. The number of aromatic nitrogens is 1. The number of nitrogens with zero attached hydrogens (tertiary/aromatic N) is 3. The van der Waals surface area contributed by atoms with Crippen LogP contribution in [0.15, 0.2) is 48.8 Å². The van der Waals surface area contributed by atoms with Crippen molar-refractivity contribution in [3.05, 3.63) is 59.9 Å². The molecule has 0 radical (unpaired) electrons. The van der Waals surface area contributed by atoms with Crippen molar-refractivity contribution in [3.63, 3.8) is 0 Å². The highest BCUT2D eigenvalue weighted by atomic mass is 16.5. The molecule has 1 aliphatic rings. The van der Waals surface area contributed by atoms with E-state index in [9.17, 15) is 0 Å². The summed E-state index contributed by atoms with van der Waals surface area (Å²) in [5, 5.41) is 0. The summed E-state index contributed by atoms with van der Waals surface area (Å²) in [7, 11) is 1.74. The molecule has 1 aliphatic heterocycles. The Kier molecular flexibility index (Phi) is 5.03. The highest BCUT2D eigenvalue weighted by molar-refractivity contribution is 5.33. The molecule has 22 heavy (non-hydrogen) atoms. The van der Waals surface area contributed by atoms with Gasteiger partial charge in [0.05, 0.1) is 7.11 Å². The second-order valence-electron chi connectivity index (χ2n) is 5.72. The molecule has 0 spiro atoms. The minimum atomic E-state index is 0.965. The quantitative estimate of drug-likeness (QED) is 0.847. The van der Waals surface area contributed by atoms with Crippen LogP contribution < -0.4 is 4.74 Å². The highest BCUT2D eigenvalue weighted by Crippen LogP contribution is 2.20. The number of hydrogen-bond donors (Lipinski definition) is 0. The van der Waals surface area contributed by atoms with Crippen molar-refractivity contribution in [2.75, 3.05) is 33.3 Å².